The van der Waals surface area contributed by atoms with Gasteiger partial charge in [-0.3, -0.25) is 4.79 Å². The van der Waals surface area contributed by atoms with Gasteiger partial charge >= 0.3 is 0 Å². The highest BCUT2D eigenvalue weighted by atomic mass is 32.1. The summed E-state index contributed by atoms with van der Waals surface area (Å²) in [6.45, 7) is 2.45. The van der Waals surface area contributed by atoms with Crippen molar-refractivity contribution in [2.75, 3.05) is 5.32 Å². The summed E-state index contributed by atoms with van der Waals surface area (Å²) < 4.78 is 5.73. The summed E-state index contributed by atoms with van der Waals surface area (Å²) in [5, 5.41) is 5.75. The van der Waals surface area contributed by atoms with E-state index in [4.69, 9.17) is 4.74 Å². The van der Waals surface area contributed by atoms with Gasteiger partial charge in [-0.15, -0.1) is 11.3 Å². The molecule has 0 atom stereocenters. The van der Waals surface area contributed by atoms with Crippen molar-refractivity contribution in [3.05, 3.63) is 76.2 Å². The van der Waals surface area contributed by atoms with Crippen molar-refractivity contribution < 1.29 is 9.53 Å². The highest BCUT2D eigenvalue weighted by Gasteiger charge is 2.07. The van der Waals surface area contributed by atoms with Crippen molar-refractivity contribution in [2.24, 2.45) is 0 Å². The first-order chi connectivity index (χ1) is 11.7. The molecule has 0 aliphatic rings. The molecule has 0 fully saturated rings. The summed E-state index contributed by atoms with van der Waals surface area (Å²) in [6, 6.07) is 17.4. The second-order valence-corrected chi connectivity index (χ2v) is 6.44. The molecule has 1 heterocycles. The molecule has 0 unspecified atom stereocenters. The van der Waals surface area contributed by atoms with E-state index in [0.29, 0.717) is 6.61 Å². The number of amides is 1. The van der Waals surface area contributed by atoms with Gasteiger partial charge in [-0.1, -0.05) is 30.3 Å². The van der Waals surface area contributed by atoms with Crippen LogP contribution in [-0.4, -0.2) is 10.9 Å². The van der Waals surface area contributed by atoms with Crippen molar-refractivity contribution in [3.8, 4) is 5.75 Å². The topological polar surface area (TPSA) is 51.2 Å². The second-order valence-electron chi connectivity index (χ2n) is 5.38. The molecule has 0 aliphatic heterocycles. The number of anilines is 1. The number of nitrogens with zero attached hydrogens (tertiary/aromatic N) is 1. The zero-order valence-corrected chi connectivity index (χ0v) is 14.2. The third-order valence-electron chi connectivity index (χ3n) is 3.39. The summed E-state index contributed by atoms with van der Waals surface area (Å²) in [7, 11) is 0. The summed E-state index contributed by atoms with van der Waals surface area (Å²) >= 11 is 1.55. The fourth-order valence-corrected chi connectivity index (χ4v) is 2.85. The molecule has 1 aromatic heterocycles. The number of carbonyl (C=O) groups is 1. The van der Waals surface area contributed by atoms with Crippen LogP contribution >= 0.6 is 11.3 Å². The van der Waals surface area contributed by atoms with E-state index in [0.717, 1.165) is 27.7 Å². The zero-order chi connectivity index (χ0) is 16.8. The Morgan fingerprint density at radius 1 is 1.12 bits per heavy atom. The van der Waals surface area contributed by atoms with Crippen molar-refractivity contribution in [1.82, 2.24) is 4.98 Å². The highest BCUT2D eigenvalue weighted by Crippen LogP contribution is 2.17. The minimum absolute atomic E-state index is 0.0711. The van der Waals surface area contributed by atoms with Gasteiger partial charge in [0, 0.05) is 11.1 Å². The zero-order valence-electron chi connectivity index (χ0n) is 13.4. The Morgan fingerprint density at radius 2 is 1.88 bits per heavy atom. The number of ether oxygens (including phenoxy) is 1. The fourth-order valence-electron chi connectivity index (χ4n) is 2.23. The summed E-state index contributed by atoms with van der Waals surface area (Å²) in [4.78, 5) is 16.3. The third kappa shape index (κ3) is 4.67. The molecule has 24 heavy (non-hydrogen) atoms. The van der Waals surface area contributed by atoms with Crippen LogP contribution in [0, 0.1) is 6.92 Å². The average molecular weight is 338 g/mol. The standard InChI is InChI=1S/C19H18N2O2S/c1-14-20-17(13-24-14)11-19(22)21-16-7-9-18(10-8-16)23-12-15-5-3-2-4-6-15/h2-10,13H,11-12H2,1H3,(H,21,22). The van der Waals surface area contributed by atoms with Gasteiger partial charge in [0.1, 0.15) is 12.4 Å². The lowest BCUT2D eigenvalue weighted by molar-refractivity contribution is -0.115. The molecule has 0 spiro atoms. The third-order valence-corrected chi connectivity index (χ3v) is 4.22. The van der Waals surface area contributed by atoms with Gasteiger partial charge in [-0.05, 0) is 36.8 Å². The first kappa shape index (κ1) is 16.2. The largest absolute Gasteiger partial charge is 0.489 e. The molecular weight excluding hydrogens is 320 g/mol. The van der Waals surface area contributed by atoms with Crippen molar-refractivity contribution in [1.29, 1.82) is 0 Å². The lowest BCUT2D eigenvalue weighted by Crippen LogP contribution is -2.14. The molecule has 0 saturated heterocycles. The Balaban J connectivity index is 1.51. The van der Waals surface area contributed by atoms with Crippen LogP contribution in [0.3, 0.4) is 0 Å². The molecular formula is C19H18N2O2S. The van der Waals surface area contributed by atoms with Gasteiger partial charge in [-0.25, -0.2) is 4.98 Å². The maximum atomic E-state index is 12.0. The smallest absolute Gasteiger partial charge is 0.230 e. The van der Waals surface area contributed by atoms with Gasteiger partial charge in [0.05, 0.1) is 17.1 Å². The number of thiazole rings is 1. The van der Waals surface area contributed by atoms with Crippen LogP contribution in [0.5, 0.6) is 5.75 Å². The van der Waals surface area contributed by atoms with Gasteiger partial charge in [0.25, 0.3) is 0 Å². The number of aromatic nitrogens is 1. The van der Waals surface area contributed by atoms with E-state index in [1.807, 2.05) is 66.9 Å². The first-order valence-corrected chi connectivity index (χ1v) is 8.55. The van der Waals surface area contributed by atoms with Gasteiger partial charge in [-0.2, -0.15) is 0 Å². The SMILES string of the molecule is Cc1nc(CC(=O)Nc2ccc(OCc3ccccc3)cc2)cs1. The van der Waals surface area contributed by atoms with Crippen molar-refractivity contribution in [2.45, 2.75) is 20.0 Å². The lowest BCUT2D eigenvalue weighted by atomic mass is 10.2. The number of benzene rings is 2. The number of nitrogens with one attached hydrogen (secondary N) is 1. The first-order valence-electron chi connectivity index (χ1n) is 7.67. The molecule has 5 heteroatoms. The van der Waals surface area contributed by atoms with E-state index in [2.05, 4.69) is 10.3 Å². The van der Waals surface area contributed by atoms with Crippen LogP contribution in [0.25, 0.3) is 0 Å². The molecule has 0 saturated carbocycles. The van der Waals surface area contributed by atoms with Crippen molar-refractivity contribution >= 4 is 22.9 Å². The monoisotopic (exact) mass is 338 g/mol. The molecule has 122 valence electrons. The predicted molar refractivity (Wildman–Crippen MR) is 96.4 cm³/mol. The van der Waals surface area contributed by atoms with Crippen LogP contribution in [0.2, 0.25) is 0 Å². The molecule has 4 nitrogen and oxygen atoms in total. The molecule has 0 radical (unpaired) electrons. The Labute approximate surface area is 145 Å². The minimum atomic E-state index is -0.0711. The number of aryl methyl sites for hydroxylation is 1. The van der Waals surface area contributed by atoms with Crippen LogP contribution in [0.1, 0.15) is 16.3 Å². The van der Waals surface area contributed by atoms with Crippen molar-refractivity contribution in [3.63, 3.8) is 0 Å². The molecule has 1 amide bonds. The average Bonchev–Trinajstić information content (AvgIpc) is 3.00. The van der Waals surface area contributed by atoms with Gasteiger partial charge in [0.2, 0.25) is 5.91 Å². The van der Waals surface area contributed by atoms with E-state index < -0.39 is 0 Å². The second kappa shape index (κ2) is 7.75. The predicted octanol–water partition coefficient (Wildman–Crippen LogP) is 4.21. The maximum Gasteiger partial charge on any atom is 0.230 e. The Hall–Kier alpha value is -2.66. The molecule has 0 aliphatic carbocycles. The van der Waals surface area contributed by atoms with E-state index in [1.165, 1.54) is 0 Å². The highest BCUT2D eigenvalue weighted by molar-refractivity contribution is 7.09. The normalized spacial score (nSPS) is 10.4. The van der Waals surface area contributed by atoms with Crippen LogP contribution in [0.4, 0.5) is 5.69 Å². The Kier molecular flexibility index (Phi) is 5.23. The quantitative estimate of drug-likeness (QED) is 0.732. The number of hydrogen-bond donors (Lipinski definition) is 1. The Morgan fingerprint density at radius 3 is 2.54 bits per heavy atom. The molecule has 1 N–H and O–H groups in total. The number of carbonyl (C=O) groups excluding carboxylic acids is 1. The minimum Gasteiger partial charge on any atom is -0.489 e. The van der Waals surface area contributed by atoms with Crippen LogP contribution < -0.4 is 10.1 Å². The maximum absolute atomic E-state index is 12.0. The van der Waals surface area contributed by atoms with E-state index in [-0.39, 0.29) is 12.3 Å². The van der Waals surface area contributed by atoms with E-state index in [1.54, 1.807) is 11.3 Å². The lowest BCUT2D eigenvalue weighted by Gasteiger charge is -2.08. The van der Waals surface area contributed by atoms with Crippen LogP contribution in [-0.2, 0) is 17.8 Å². The van der Waals surface area contributed by atoms with E-state index >= 15 is 0 Å². The molecule has 0 bridgehead atoms. The summed E-state index contributed by atoms with van der Waals surface area (Å²) in [5.41, 5.74) is 2.67. The van der Waals surface area contributed by atoms with Crippen LogP contribution in [0.15, 0.2) is 60.0 Å². The van der Waals surface area contributed by atoms with E-state index in [9.17, 15) is 4.79 Å². The summed E-state index contributed by atoms with van der Waals surface area (Å²) in [5.74, 6) is 0.699. The van der Waals surface area contributed by atoms with Gasteiger partial charge in [0.15, 0.2) is 0 Å². The fraction of sp³-hybridized carbons (Fsp3) is 0.158. The Bertz CT molecular complexity index is 798. The van der Waals surface area contributed by atoms with Gasteiger partial charge < -0.3 is 10.1 Å². The molecule has 3 rings (SSSR count). The summed E-state index contributed by atoms with van der Waals surface area (Å²) in [6.07, 6.45) is 0.288. The molecule has 2 aromatic carbocycles. The number of rotatable bonds is 6. The number of hydrogen-bond acceptors (Lipinski definition) is 4. The molecule has 3 aromatic rings.